The highest BCUT2D eigenvalue weighted by Gasteiger charge is 2.09. The first-order valence-electron chi connectivity index (χ1n) is 2.95. The van der Waals surface area contributed by atoms with Crippen LogP contribution < -0.4 is 0 Å². The van der Waals surface area contributed by atoms with Crippen molar-refractivity contribution in [3.05, 3.63) is 0 Å². The van der Waals surface area contributed by atoms with E-state index in [1.54, 1.807) is 0 Å². The van der Waals surface area contributed by atoms with Crippen molar-refractivity contribution in [2.75, 3.05) is 6.61 Å². The average molecular weight is 180 g/mol. The van der Waals surface area contributed by atoms with Gasteiger partial charge in [0.05, 0.1) is 0 Å². The van der Waals surface area contributed by atoms with Crippen molar-refractivity contribution in [1.29, 1.82) is 0 Å². The van der Waals surface area contributed by atoms with Crippen LogP contribution in [0.3, 0.4) is 0 Å². The zero-order valence-electron chi connectivity index (χ0n) is 5.97. The molecule has 0 rings (SSSR count). The van der Waals surface area contributed by atoms with Gasteiger partial charge >= 0.3 is 12.3 Å². The lowest BCUT2D eigenvalue weighted by Gasteiger charge is -2.07. The van der Waals surface area contributed by atoms with Crippen molar-refractivity contribution in [2.45, 2.75) is 12.7 Å². The van der Waals surface area contributed by atoms with E-state index in [4.69, 9.17) is 15.3 Å². The number of hydrogen-bond acceptors (Lipinski definition) is 5. The Hall–Kier alpha value is -1.50. The first-order valence-corrected chi connectivity index (χ1v) is 2.95. The standard InChI is InChI=1S/C5H8O7/c6-3(12-5(9)10)1-2-11-4(7)8/h3,6H,1-2H2,(H,7,8)(H,9,10). The Balaban J connectivity index is 3.37. The molecule has 0 aromatic carbocycles. The molecule has 0 saturated carbocycles. The lowest BCUT2D eigenvalue weighted by Crippen LogP contribution is -2.18. The second-order valence-electron chi connectivity index (χ2n) is 1.74. The maximum atomic E-state index is 9.77. The van der Waals surface area contributed by atoms with Gasteiger partial charge in [0, 0.05) is 6.42 Å². The molecule has 7 heteroatoms. The Kier molecular flexibility index (Phi) is 4.54. The van der Waals surface area contributed by atoms with Crippen molar-refractivity contribution < 1.29 is 34.4 Å². The van der Waals surface area contributed by atoms with Gasteiger partial charge in [0.2, 0.25) is 6.29 Å². The Labute approximate surface area is 67.1 Å². The molecule has 7 nitrogen and oxygen atoms in total. The molecule has 12 heavy (non-hydrogen) atoms. The maximum absolute atomic E-state index is 9.77. The van der Waals surface area contributed by atoms with Crippen molar-refractivity contribution in [2.24, 2.45) is 0 Å². The highest BCUT2D eigenvalue weighted by molar-refractivity contribution is 5.57. The Morgan fingerprint density at radius 1 is 1.25 bits per heavy atom. The first kappa shape index (κ1) is 10.5. The van der Waals surface area contributed by atoms with Crippen molar-refractivity contribution >= 4 is 12.3 Å². The van der Waals surface area contributed by atoms with E-state index in [0.717, 1.165) is 0 Å². The summed E-state index contributed by atoms with van der Waals surface area (Å²) in [4.78, 5) is 19.5. The minimum Gasteiger partial charge on any atom is -0.450 e. The van der Waals surface area contributed by atoms with E-state index in [1.165, 1.54) is 0 Å². The number of aliphatic hydroxyl groups excluding tert-OH is 1. The van der Waals surface area contributed by atoms with Crippen LogP contribution in [-0.4, -0.2) is 40.5 Å². The number of carbonyl (C=O) groups is 2. The van der Waals surface area contributed by atoms with Gasteiger partial charge < -0.3 is 24.8 Å². The molecule has 0 radical (unpaired) electrons. The Morgan fingerprint density at radius 3 is 2.25 bits per heavy atom. The molecule has 0 bridgehead atoms. The van der Waals surface area contributed by atoms with Crippen molar-refractivity contribution in [3.63, 3.8) is 0 Å². The van der Waals surface area contributed by atoms with Gasteiger partial charge in [-0.15, -0.1) is 0 Å². The van der Waals surface area contributed by atoms with E-state index in [-0.39, 0.29) is 13.0 Å². The molecule has 0 amide bonds. The SMILES string of the molecule is O=C(O)OCCC(O)OC(=O)O. The second-order valence-corrected chi connectivity index (χ2v) is 1.74. The third kappa shape index (κ3) is 6.62. The van der Waals surface area contributed by atoms with Crippen LogP contribution in [0.2, 0.25) is 0 Å². The quantitative estimate of drug-likeness (QED) is 0.414. The summed E-state index contributed by atoms with van der Waals surface area (Å²) in [6.07, 6.45) is -4.89. The zero-order chi connectivity index (χ0) is 9.56. The van der Waals surface area contributed by atoms with E-state index >= 15 is 0 Å². The van der Waals surface area contributed by atoms with Crippen LogP contribution >= 0.6 is 0 Å². The van der Waals surface area contributed by atoms with E-state index in [2.05, 4.69) is 9.47 Å². The monoisotopic (exact) mass is 180 g/mol. The van der Waals surface area contributed by atoms with Gasteiger partial charge in [0.1, 0.15) is 6.61 Å². The van der Waals surface area contributed by atoms with Crippen LogP contribution in [0, 0.1) is 0 Å². The highest BCUT2D eigenvalue weighted by Crippen LogP contribution is 1.95. The summed E-state index contributed by atoms with van der Waals surface area (Å²) >= 11 is 0. The predicted octanol–water partition coefficient (Wildman–Crippen LogP) is 0.0841. The summed E-state index contributed by atoms with van der Waals surface area (Å²) in [7, 11) is 0. The fourth-order valence-corrected chi connectivity index (χ4v) is 0.422. The molecule has 0 saturated heterocycles. The lowest BCUT2D eigenvalue weighted by atomic mass is 10.4. The van der Waals surface area contributed by atoms with Crippen LogP contribution in [0.25, 0.3) is 0 Å². The molecule has 0 aliphatic heterocycles. The summed E-state index contributed by atoms with van der Waals surface area (Å²) in [5.41, 5.74) is 0. The fraction of sp³-hybridized carbons (Fsp3) is 0.600. The molecule has 70 valence electrons. The van der Waals surface area contributed by atoms with Crippen LogP contribution in [0.4, 0.5) is 9.59 Å². The van der Waals surface area contributed by atoms with Crippen molar-refractivity contribution in [3.8, 4) is 0 Å². The molecular weight excluding hydrogens is 172 g/mol. The fourth-order valence-electron chi connectivity index (χ4n) is 0.422. The molecule has 1 unspecified atom stereocenters. The average Bonchev–Trinajstić information content (AvgIpc) is 1.84. The molecule has 1 atom stereocenters. The molecule has 0 aliphatic carbocycles. The number of aliphatic hydroxyl groups is 1. The van der Waals surface area contributed by atoms with Crippen LogP contribution in [0.15, 0.2) is 0 Å². The third-order valence-corrected chi connectivity index (χ3v) is 0.827. The maximum Gasteiger partial charge on any atom is 0.508 e. The van der Waals surface area contributed by atoms with Crippen molar-refractivity contribution in [1.82, 2.24) is 0 Å². The largest absolute Gasteiger partial charge is 0.508 e. The molecular formula is C5H8O7. The molecule has 0 aromatic heterocycles. The van der Waals surface area contributed by atoms with Gasteiger partial charge in [-0.3, -0.25) is 0 Å². The molecule has 0 spiro atoms. The minimum atomic E-state index is -1.63. The zero-order valence-corrected chi connectivity index (χ0v) is 5.97. The number of rotatable bonds is 4. The van der Waals surface area contributed by atoms with Gasteiger partial charge in [-0.25, -0.2) is 9.59 Å². The van der Waals surface area contributed by atoms with Crippen LogP contribution in [0.5, 0.6) is 0 Å². The second kappa shape index (κ2) is 5.19. The smallest absolute Gasteiger partial charge is 0.450 e. The minimum absolute atomic E-state index is 0.224. The van der Waals surface area contributed by atoms with E-state index in [9.17, 15) is 9.59 Å². The van der Waals surface area contributed by atoms with E-state index in [0.29, 0.717) is 0 Å². The summed E-state index contributed by atoms with van der Waals surface area (Å²) in [6.45, 7) is -0.316. The lowest BCUT2D eigenvalue weighted by molar-refractivity contribution is -0.0821. The molecule has 3 N–H and O–H groups in total. The van der Waals surface area contributed by atoms with Crippen LogP contribution in [0.1, 0.15) is 6.42 Å². The summed E-state index contributed by atoms with van der Waals surface area (Å²) in [5.74, 6) is 0. The summed E-state index contributed by atoms with van der Waals surface area (Å²) in [5, 5.41) is 24.6. The van der Waals surface area contributed by atoms with E-state index < -0.39 is 18.6 Å². The van der Waals surface area contributed by atoms with Gasteiger partial charge in [-0.05, 0) is 0 Å². The topological polar surface area (TPSA) is 113 Å². The molecule has 0 aliphatic rings. The van der Waals surface area contributed by atoms with Gasteiger partial charge in [0.15, 0.2) is 0 Å². The number of carboxylic acid groups (broad SMARTS) is 2. The Bertz CT molecular complexity index is 165. The van der Waals surface area contributed by atoms with Gasteiger partial charge in [-0.1, -0.05) is 0 Å². The highest BCUT2D eigenvalue weighted by atomic mass is 16.7. The summed E-state index contributed by atoms with van der Waals surface area (Å²) in [6, 6.07) is 0. The molecule has 0 heterocycles. The Morgan fingerprint density at radius 2 is 1.83 bits per heavy atom. The molecule has 0 fully saturated rings. The predicted molar refractivity (Wildman–Crippen MR) is 33.7 cm³/mol. The summed E-state index contributed by atoms with van der Waals surface area (Å²) < 4.78 is 7.81. The van der Waals surface area contributed by atoms with E-state index in [1.807, 2.05) is 0 Å². The van der Waals surface area contributed by atoms with Gasteiger partial charge in [0.25, 0.3) is 0 Å². The first-order chi connectivity index (χ1) is 5.52. The normalized spacial score (nSPS) is 11.8. The van der Waals surface area contributed by atoms with Gasteiger partial charge in [-0.2, -0.15) is 0 Å². The molecule has 0 aromatic rings. The number of hydrogen-bond donors (Lipinski definition) is 3. The third-order valence-electron chi connectivity index (χ3n) is 0.827. The van der Waals surface area contributed by atoms with Crippen LogP contribution in [-0.2, 0) is 9.47 Å². The number of ether oxygens (including phenoxy) is 2.